The Morgan fingerprint density at radius 1 is 0.966 bits per heavy atom. The van der Waals surface area contributed by atoms with E-state index in [1.807, 2.05) is 30.3 Å². The molecule has 0 atom stereocenters. The number of aryl methyl sites for hydroxylation is 1. The van der Waals surface area contributed by atoms with Gasteiger partial charge in [0.2, 0.25) is 0 Å². The predicted molar refractivity (Wildman–Crippen MR) is 114 cm³/mol. The Kier molecular flexibility index (Phi) is 6.88. The van der Waals surface area contributed by atoms with Crippen LogP contribution in [0.3, 0.4) is 0 Å². The molecule has 0 radical (unpaired) electrons. The van der Waals surface area contributed by atoms with Gasteiger partial charge >= 0.3 is 11.8 Å². The first-order valence-electron chi connectivity index (χ1n) is 10.1. The molecule has 1 fully saturated rings. The fourth-order valence-electron chi connectivity index (χ4n) is 3.68. The zero-order valence-electron chi connectivity index (χ0n) is 17.2. The second-order valence-corrected chi connectivity index (χ2v) is 7.43. The standard InChI is InChI=1S/C23H29N3O3/c1-18-7-6-10-21(19(18)2)24-11-13-25(14-12-24)22(28)23(29)26(15-16-27)17-20-8-4-3-5-9-20/h3-10,27H,11-17H2,1-2H3. The number of hydrogen-bond donors (Lipinski definition) is 1. The number of benzene rings is 2. The maximum absolute atomic E-state index is 12.8. The van der Waals surface area contributed by atoms with Crippen LogP contribution in [0.15, 0.2) is 48.5 Å². The molecule has 1 saturated heterocycles. The third kappa shape index (κ3) is 4.95. The molecule has 1 N–H and O–H groups in total. The van der Waals surface area contributed by atoms with Crippen LogP contribution in [0.2, 0.25) is 0 Å². The molecular formula is C23H29N3O3. The summed E-state index contributed by atoms with van der Waals surface area (Å²) in [6.07, 6.45) is 0. The molecule has 6 nitrogen and oxygen atoms in total. The minimum atomic E-state index is -0.553. The first-order valence-corrected chi connectivity index (χ1v) is 10.1. The summed E-state index contributed by atoms with van der Waals surface area (Å²) in [5.41, 5.74) is 4.62. The van der Waals surface area contributed by atoms with Gasteiger partial charge in [-0.3, -0.25) is 9.59 Å². The van der Waals surface area contributed by atoms with Crippen molar-refractivity contribution in [3.63, 3.8) is 0 Å². The first-order chi connectivity index (χ1) is 14.0. The van der Waals surface area contributed by atoms with Crippen molar-refractivity contribution in [3.8, 4) is 0 Å². The molecule has 0 bridgehead atoms. The molecule has 0 aliphatic carbocycles. The fraction of sp³-hybridized carbons (Fsp3) is 0.391. The highest BCUT2D eigenvalue weighted by molar-refractivity contribution is 6.34. The van der Waals surface area contributed by atoms with Gasteiger partial charge in [-0.05, 0) is 36.6 Å². The van der Waals surface area contributed by atoms with Gasteiger partial charge in [-0.2, -0.15) is 0 Å². The number of carbonyl (C=O) groups is 2. The van der Waals surface area contributed by atoms with Crippen molar-refractivity contribution >= 4 is 17.5 Å². The van der Waals surface area contributed by atoms with Crippen LogP contribution in [0.5, 0.6) is 0 Å². The van der Waals surface area contributed by atoms with Gasteiger partial charge in [0, 0.05) is 45.0 Å². The van der Waals surface area contributed by atoms with Gasteiger partial charge in [-0.15, -0.1) is 0 Å². The summed E-state index contributed by atoms with van der Waals surface area (Å²) in [5.74, 6) is -1.04. The van der Waals surface area contributed by atoms with E-state index < -0.39 is 11.8 Å². The van der Waals surface area contributed by atoms with Crippen molar-refractivity contribution in [2.75, 3.05) is 44.2 Å². The van der Waals surface area contributed by atoms with Crippen molar-refractivity contribution in [2.45, 2.75) is 20.4 Å². The highest BCUT2D eigenvalue weighted by Crippen LogP contribution is 2.24. The average Bonchev–Trinajstić information content (AvgIpc) is 2.75. The van der Waals surface area contributed by atoms with Crippen LogP contribution < -0.4 is 4.90 Å². The van der Waals surface area contributed by atoms with Gasteiger partial charge in [0.15, 0.2) is 0 Å². The minimum Gasteiger partial charge on any atom is -0.395 e. The van der Waals surface area contributed by atoms with Crippen LogP contribution >= 0.6 is 0 Å². The molecule has 0 aromatic heterocycles. The number of aliphatic hydroxyl groups excluding tert-OH is 1. The number of nitrogens with zero attached hydrogens (tertiary/aromatic N) is 3. The van der Waals surface area contributed by atoms with Gasteiger partial charge in [-0.25, -0.2) is 0 Å². The normalized spacial score (nSPS) is 14.0. The smallest absolute Gasteiger partial charge is 0.312 e. The second-order valence-electron chi connectivity index (χ2n) is 7.43. The lowest BCUT2D eigenvalue weighted by Gasteiger charge is -2.37. The monoisotopic (exact) mass is 395 g/mol. The maximum atomic E-state index is 12.8. The molecule has 29 heavy (non-hydrogen) atoms. The predicted octanol–water partition coefficient (Wildman–Crippen LogP) is 1.97. The van der Waals surface area contributed by atoms with Crippen LogP contribution in [-0.2, 0) is 16.1 Å². The SMILES string of the molecule is Cc1cccc(N2CCN(C(=O)C(=O)N(CCO)Cc3ccccc3)CC2)c1C. The molecule has 6 heteroatoms. The average molecular weight is 396 g/mol. The van der Waals surface area contributed by atoms with Gasteiger partial charge < -0.3 is 19.8 Å². The molecule has 154 valence electrons. The summed E-state index contributed by atoms with van der Waals surface area (Å²) >= 11 is 0. The van der Waals surface area contributed by atoms with E-state index in [0.717, 1.165) is 5.56 Å². The highest BCUT2D eigenvalue weighted by atomic mass is 16.3. The number of aliphatic hydroxyl groups is 1. The van der Waals surface area contributed by atoms with Crippen LogP contribution in [0.1, 0.15) is 16.7 Å². The largest absolute Gasteiger partial charge is 0.395 e. The number of rotatable bonds is 5. The zero-order valence-corrected chi connectivity index (χ0v) is 17.2. The lowest BCUT2D eigenvalue weighted by atomic mass is 10.1. The molecule has 3 rings (SSSR count). The number of amides is 2. The molecule has 2 amide bonds. The number of hydrogen-bond acceptors (Lipinski definition) is 4. The lowest BCUT2D eigenvalue weighted by molar-refractivity contribution is -0.152. The zero-order chi connectivity index (χ0) is 20.8. The van der Waals surface area contributed by atoms with Crippen LogP contribution in [0, 0.1) is 13.8 Å². The van der Waals surface area contributed by atoms with E-state index in [1.54, 1.807) is 4.90 Å². The summed E-state index contributed by atoms with van der Waals surface area (Å²) in [4.78, 5) is 30.9. The van der Waals surface area contributed by atoms with E-state index in [2.05, 4.69) is 36.9 Å². The van der Waals surface area contributed by atoms with Gasteiger partial charge in [0.25, 0.3) is 0 Å². The van der Waals surface area contributed by atoms with E-state index >= 15 is 0 Å². The van der Waals surface area contributed by atoms with Crippen LogP contribution in [0.25, 0.3) is 0 Å². The summed E-state index contributed by atoms with van der Waals surface area (Å²) in [6, 6.07) is 15.8. The van der Waals surface area contributed by atoms with E-state index in [9.17, 15) is 14.7 Å². The molecule has 1 aliphatic heterocycles. The number of anilines is 1. The van der Waals surface area contributed by atoms with Crippen molar-refractivity contribution in [3.05, 3.63) is 65.2 Å². The first kappa shape index (κ1) is 20.9. The number of carbonyl (C=O) groups excluding carboxylic acids is 2. The van der Waals surface area contributed by atoms with Crippen molar-refractivity contribution in [1.29, 1.82) is 0 Å². The Labute approximate surface area is 172 Å². The Bertz CT molecular complexity index is 846. The third-order valence-electron chi connectivity index (χ3n) is 5.54. The summed E-state index contributed by atoms with van der Waals surface area (Å²) in [5, 5.41) is 9.34. The van der Waals surface area contributed by atoms with E-state index in [4.69, 9.17) is 0 Å². The van der Waals surface area contributed by atoms with Gasteiger partial charge in [0.05, 0.1) is 6.61 Å². The summed E-state index contributed by atoms with van der Waals surface area (Å²) in [6.45, 7) is 6.90. The quantitative estimate of drug-likeness (QED) is 0.787. The minimum absolute atomic E-state index is 0.141. The van der Waals surface area contributed by atoms with Gasteiger partial charge in [-0.1, -0.05) is 42.5 Å². The Balaban J connectivity index is 1.62. The van der Waals surface area contributed by atoms with Crippen molar-refractivity contribution < 1.29 is 14.7 Å². The highest BCUT2D eigenvalue weighted by Gasteiger charge is 2.30. The summed E-state index contributed by atoms with van der Waals surface area (Å²) in [7, 11) is 0. The number of piperazine rings is 1. The van der Waals surface area contributed by atoms with Crippen molar-refractivity contribution in [1.82, 2.24) is 9.80 Å². The Hall–Kier alpha value is -2.86. The topological polar surface area (TPSA) is 64.1 Å². The van der Waals surface area contributed by atoms with Crippen molar-refractivity contribution in [2.24, 2.45) is 0 Å². The molecular weight excluding hydrogens is 366 g/mol. The van der Waals surface area contributed by atoms with Crippen LogP contribution in [0.4, 0.5) is 5.69 Å². The van der Waals surface area contributed by atoms with E-state index in [1.165, 1.54) is 21.7 Å². The molecule has 2 aromatic carbocycles. The fourth-order valence-corrected chi connectivity index (χ4v) is 3.68. The van der Waals surface area contributed by atoms with Crippen LogP contribution in [-0.4, -0.2) is 66.1 Å². The lowest BCUT2D eigenvalue weighted by Crippen LogP contribution is -2.53. The molecule has 0 saturated carbocycles. The third-order valence-corrected chi connectivity index (χ3v) is 5.54. The Morgan fingerprint density at radius 2 is 1.66 bits per heavy atom. The molecule has 0 unspecified atom stereocenters. The summed E-state index contributed by atoms with van der Waals surface area (Å²) < 4.78 is 0. The Morgan fingerprint density at radius 3 is 2.31 bits per heavy atom. The second kappa shape index (κ2) is 9.56. The molecule has 1 heterocycles. The maximum Gasteiger partial charge on any atom is 0.312 e. The molecule has 2 aromatic rings. The molecule has 1 aliphatic rings. The van der Waals surface area contributed by atoms with Gasteiger partial charge in [0.1, 0.15) is 0 Å². The molecule has 0 spiro atoms. The van der Waals surface area contributed by atoms with E-state index in [-0.39, 0.29) is 13.2 Å². The van der Waals surface area contributed by atoms with E-state index in [0.29, 0.717) is 32.7 Å².